The van der Waals surface area contributed by atoms with Gasteiger partial charge in [-0.15, -0.1) is 0 Å². The van der Waals surface area contributed by atoms with Gasteiger partial charge >= 0.3 is 0 Å². The van der Waals surface area contributed by atoms with Gasteiger partial charge in [-0.25, -0.2) is 3.11 Å². The number of nitrogens with zero attached hydrogens (tertiary/aromatic N) is 1. The molecular formula is C9H15IN2O. The van der Waals surface area contributed by atoms with Crippen LogP contribution >= 0.6 is 22.9 Å². The molecule has 1 spiro atoms. The SMILES string of the molecule is O=C1NCCCC12CCN(I)CC2. The van der Waals surface area contributed by atoms with E-state index in [1.54, 1.807) is 0 Å². The standard InChI is InChI=1S/C9H15IN2O/c10-12-6-3-9(4-7-12)2-1-5-11-8(9)13/h1-7H2,(H,11,13). The Balaban J connectivity index is 2.06. The fourth-order valence-electron chi connectivity index (χ4n) is 2.31. The van der Waals surface area contributed by atoms with E-state index in [0.717, 1.165) is 45.3 Å². The zero-order valence-electron chi connectivity index (χ0n) is 7.68. The number of hydrogen-bond donors (Lipinski definition) is 1. The molecule has 0 aromatic carbocycles. The number of carbonyl (C=O) groups is 1. The van der Waals surface area contributed by atoms with Crippen molar-refractivity contribution in [1.29, 1.82) is 0 Å². The van der Waals surface area contributed by atoms with E-state index >= 15 is 0 Å². The fourth-order valence-corrected chi connectivity index (χ4v) is 2.80. The van der Waals surface area contributed by atoms with E-state index in [2.05, 4.69) is 31.3 Å². The smallest absolute Gasteiger partial charge is 0.226 e. The average Bonchev–Trinajstić information content (AvgIpc) is 2.15. The summed E-state index contributed by atoms with van der Waals surface area (Å²) in [7, 11) is 0. The summed E-state index contributed by atoms with van der Waals surface area (Å²) in [5.74, 6) is 0.309. The number of halogens is 1. The Morgan fingerprint density at radius 1 is 1.31 bits per heavy atom. The molecular weight excluding hydrogens is 279 g/mol. The van der Waals surface area contributed by atoms with Crippen LogP contribution in [-0.2, 0) is 4.79 Å². The molecule has 74 valence electrons. The molecule has 13 heavy (non-hydrogen) atoms. The van der Waals surface area contributed by atoms with Crippen molar-refractivity contribution in [2.24, 2.45) is 5.41 Å². The number of rotatable bonds is 0. The van der Waals surface area contributed by atoms with Gasteiger partial charge in [0.15, 0.2) is 0 Å². The third-order valence-corrected chi connectivity index (χ3v) is 4.23. The first-order valence-corrected chi connectivity index (χ1v) is 5.88. The van der Waals surface area contributed by atoms with Crippen molar-refractivity contribution in [3.8, 4) is 0 Å². The lowest BCUT2D eigenvalue weighted by molar-refractivity contribution is -0.135. The molecule has 0 radical (unpaired) electrons. The number of amides is 1. The maximum absolute atomic E-state index is 11.7. The molecule has 0 aromatic heterocycles. The second-order valence-corrected chi connectivity index (χ2v) is 5.41. The fraction of sp³-hybridized carbons (Fsp3) is 0.889. The first kappa shape index (κ1) is 9.71. The topological polar surface area (TPSA) is 32.3 Å². The molecule has 3 nitrogen and oxygen atoms in total. The summed E-state index contributed by atoms with van der Waals surface area (Å²) in [6, 6.07) is 0. The van der Waals surface area contributed by atoms with Gasteiger partial charge in [-0.1, -0.05) is 0 Å². The molecule has 2 aliphatic rings. The van der Waals surface area contributed by atoms with Crippen LogP contribution in [0.15, 0.2) is 0 Å². The largest absolute Gasteiger partial charge is 0.356 e. The Hall–Kier alpha value is 0.160. The molecule has 0 aromatic rings. The predicted octanol–water partition coefficient (Wildman–Crippen LogP) is 1.33. The van der Waals surface area contributed by atoms with E-state index < -0.39 is 0 Å². The zero-order valence-corrected chi connectivity index (χ0v) is 9.84. The Bertz CT molecular complexity index is 212. The Morgan fingerprint density at radius 3 is 2.62 bits per heavy atom. The van der Waals surface area contributed by atoms with Crippen molar-refractivity contribution in [1.82, 2.24) is 8.43 Å². The van der Waals surface area contributed by atoms with Crippen molar-refractivity contribution < 1.29 is 4.79 Å². The molecule has 2 fully saturated rings. The monoisotopic (exact) mass is 294 g/mol. The number of hydrogen-bond acceptors (Lipinski definition) is 2. The van der Waals surface area contributed by atoms with Crippen LogP contribution in [0.5, 0.6) is 0 Å². The van der Waals surface area contributed by atoms with Gasteiger partial charge in [-0.2, -0.15) is 0 Å². The van der Waals surface area contributed by atoms with Crippen molar-refractivity contribution in [3.63, 3.8) is 0 Å². The predicted molar refractivity (Wildman–Crippen MR) is 59.5 cm³/mol. The van der Waals surface area contributed by atoms with Crippen molar-refractivity contribution in [2.75, 3.05) is 19.6 Å². The zero-order chi connectivity index (χ0) is 9.31. The highest BCUT2D eigenvalue weighted by molar-refractivity contribution is 14.1. The van der Waals surface area contributed by atoms with Crippen LogP contribution in [0.3, 0.4) is 0 Å². The molecule has 0 bridgehead atoms. The highest BCUT2D eigenvalue weighted by atomic mass is 127. The summed E-state index contributed by atoms with van der Waals surface area (Å²) in [6.07, 6.45) is 4.35. The Kier molecular flexibility index (Phi) is 2.78. The van der Waals surface area contributed by atoms with Crippen molar-refractivity contribution in [3.05, 3.63) is 0 Å². The summed E-state index contributed by atoms with van der Waals surface area (Å²) in [5, 5.41) is 3.00. The molecule has 2 heterocycles. The van der Waals surface area contributed by atoms with E-state index in [1.165, 1.54) is 0 Å². The number of carbonyl (C=O) groups excluding carboxylic acids is 1. The third-order valence-electron chi connectivity index (χ3n) is 3.27. The van der Waals surface area contributed by atoms with Gasteiger partial charge in [0.05, 0.1) is 5.41 Å². The highest BCUT2D eigenvalue weighted by Gasteiger charge is 2.42. The lowest BCUT2D eigenvalue weighted by atomic mass is 9.73. The van der Waals surface area contributed by atoms with Gasteiger partial charge in [0.25, 0.3) is 0 Å². The van der Waals surface area contributed by atoms with E-state index in [1.807, 2.05) is 0 Å². The molecule has 4 heteroatoms. The van der Waals surface area contributed by atoms with Crippen molar-refractivity contribution >= 4 is 28.8 Å². The molecule has 2 saturated heterocycles. The van der Waals surface area contributed by atoms with Crippen LogP contribution in [0.1, 0.15) is 25.7 Å². The molecule has 0 aliphatic carbocycles. The normalized spacial score (nSPS) is 28.8. The summed E-state index contributed by atoms with van der Waals surface area (Å²) in [5.41, 5.74) is -0.0000778. The summed E-state index contributed by atoms with van der Waals surface area (Å²) in [4.78, 5) is 11.7. The number of piperidine rings is 2. The summed E-state index contributed by atoms with van der Waals surface area (Å²) in [6.45, 7) is 3.01. The van der Waals surface area contributed by atoms with Gasteiger partial charge in [0.2, 0.25) is 5.91 Å². The minimum Gasteiger partial charge on any atom is -0.356 e. The molecule has 2 rings (SSSR count). The Morgan fingerprint density at radius 2 is 2.00 bits per heavy atom. The van der Waals surface area contributed by atoms with Gasteiger partial charge in [0, 0.05) is 42.5 Å². The van der Waals surface area contributed by atoms with E-state index in [0.29, 0.717) is 5.91 Å². The minimum absolute atomic E-state index is 0.0000778. The van der Waals surface area contributed by atoms with Gasteiger partial charge in [0.1, 0.15) is 0 Å². The van der Waals surface area contributed by atoms with Gasteiger partial charge in [-0.05, 0) is 25.7 Å². The average molecular weight is 294 g/mol. The van der Waals surface area contributed by atoms with Crippen LogP contribution in [0.25, 0.3) is 0 Å². The molecule has 0 saturated carbocycles. The summed E-state index contributed by atoms with van der Waals surface area (Å²) < 4.78 is 2.28. The second kappa shape index (κ2) is 3.73. The van der Waals surface area contributed by atoms with Gasteiger partial charge in [-0.3, -0.25) is 4.79 Å². The van der Waals surface area contributed by atoms with Crippen LogP contribution in [0.2, 0.25) is 0 Å². The molecule has 1 amide bonds. The molecule has 0 atom stereocenters. The molecule has 0 unspecified atom stereocenters. The molecule has 1 N–H and O–H groups in total. The molecule has 2 aliphatic heterocycles. The highest BCUT2D eigenvalue weighted by Crippen LogP contribution is 2.38. The third kappa shape index (κ3) is 1.83. The first-order chi connectivity index (χ1) is 6.23. The lowest BCUT2D eigenvalue weighted by Gasteiger charge is -2.41. The summed E-state index contributed by atoms with van der Waals surface area (Å²) >= 11 is 2.34. The quantitative estimate of drug-likeness (QED) is 0.540. The minimum atomic E-state index is -0.0000778. The maximum Gasteiger partial charge on any atom is 0.226 e. The second-order valence-electron chi connectivity index (χ2n) is 4.05. The van der Waals surface area contributed by atoms with E-state index in [-0.39, 0.29) is 5.41 Å². The number of nitrogens with one attached hydrogen (secondary N) is 1. The first-order valence-electron chi connectivity index (χ1n) is 4.92. The van der Waals surface area contributed by atoms with Crippen LogP contribution in [0.4, 0.5) is 0 Å². The van der Waals surface area contributed by atoms with E-state index in [4.69, 9.17) is 0 Å². The van der Waals surface area contributed by atoms with Gasteiger partial charge < -0.3 is 5.32 Å². The Labute approximate surface area is 92.7 Å². The van der Waals surface area contributed by atoms with Crippen LogP contribution in [0, 0.1) is 5.41 Å². The lowest BCUT2D eigenvalue weighted by Crippen LogP contribution is -2.50. The van der Waals surface area contributed by atoms with E-state index in [9.17, 15) is 4.79 Å². The maximum atomic E-state index is 11.7. The van der Waals surface area contributed by atoms with Crippen LogP contribution in [-0.4, -0.2) is 28.7 Å². The van der Waals surface area contributed by atoms with Crippen molar-refractivity contribution in [2.45, 2.75) is 25.7 Å². The van der Waals surface area contributed by atoms with Crippen LogP contribution < -0.4 is 5.32 Å².